The van der Waals surface area contributed by atoms with Gasteiger partial charge in [0.15, 0.2) is 0 Å². The van der Waals surface area contributed by atoms with Gasteiger partial charge in [0.05, 0.1) is 28.8 Å². The van der Waals surface area contributed by atoms with E-state index in [9.17, 15) is 19.3 Å². The van der Waals surface area contributed by atoms with Gasteiger partial charge in [0.1, 0.15) is 23.2 Å². The maximum Gasteiger partial charge on any atom is 0.273 e. The number of nitriles is 1. The van der Waals surface area contributed by atoms with E-state index in [0.717, 1.165) is 18.3 Å². The van der Waals surface area contributed by atoms with Gasteiger partial charge in [-0.3, -0.25) is 14.9 Å². The number of amides is 1. The van der Waals surface area contributed by atoms with Crippen LogP contribution in [0.15, 0.2) is 48.2 Å². The molecule has 0 unspecified atom stereocenters. The van der Waals surface area contributed by atoms with Crippen LogP contribution >= 0.6 is 11.6 Å². The van der Waals surface area contributed by atoms with Gasteiger partial charge >= 0.3 is 0 Å². The van der Waals surface area contributed by atoms with Gasteiger partial charge in [-0.05, 0) is 24.3 Å². The van der Waals surface area contributed by atoms with Crippen LogP contribution in [0, 0.1) is 27.3 Å². The number of carbonyl (C=O) groups is 1. The first-order valence-electron chi connectivity index (χ1n) is 7.31. The monoisotopic (exact) mass is 390 g/mol. The van der Waals surface area contributed by atoms with Crippen molar-refractivity contribution in [2.75, 3.05) is 17.7 Å². The van der Waals surface area contributed by atoms with Gasteiger partial charge in [0.2, 0.25) is 0 Å². The molecule has 10 heteroatoms. The van der Waals surface area contributed by atoms with Crippen LogP contribution in [0.4, 0.5) is 21.5 Å². The average molecular weight is 391 g/mol. The molecule has 2 aromatic carbocycles. The lowest BCUT2D eigenvalue weighted by Crippen LogP contribution is -2.15. The van der Waals surface area contributed by atoms with Gasteiger partial charge in [-0.25, -0.2) is 4.39 Å². The smallest absolute Gasteiger partial charge is 0.273 e. The molecule has 0 heterocycles. The zero-order chi connectivity index (χ0) is 20.0. The molecule has 1 amide bonds. The minimum Gasteiger partial charge on any atom is -0.494 e. The van der Waals surface area contributed by atoms with Gasteiger partial charge in [-0.1, -0.05) is 11.6 Å². The number of carbonyl (C=O) groups excluding carboxylic acids is 1. The van der Waals surface area contributed by atoms with Gasteiger partial charge in [-0.15, -0.1) is 0 Å². The molecule has 0 radical (unpaired) electrons. The number of nitro groups is 1. The number of hydrogen-bond donors (Lipinski definition) is 2. The average Bonchev–Trinajstić information content (AvgIpc) is 2.65. The molecule has 0 aliphatic carbocycles. The first-order chi connectivity index (χ1) is 12.8. The summed E-state index contributed by atoms with van der Waals surface area (Å²) in [6.45, 7) is 0. The van der Waals surface area contributed by atoms with E-state index in [1.165, 1.54) is 31.4 Å². The number of rotatable bonds is 6. The summed E-state index contributed by atoms with van der Waals surface area (Å²) < 4.78 is 18.2. The van der Waals surface area contributed by atoms with Gasteiger partial charge in [-0.2, -0.15) is 5.26 Å². The number of nitro benzene ring substituents is 1. The van der Waals surface area contributed by atoms with Crippen molar-refractivity contribution >= 4 is 34.6 Å². The predicted octanol–water partition coefficient (Wildman–Crippen LogP) is 3.85. The standard InChI is InChI=1S/C17H12ClFN4O4/c1-27-16-7-12(23(25)26)3-5-15(16)22-17(24)10(8-20)9-21-11-2-4-14(19)13(18)6-11/h2-7,9,21H,1H3,(H,22,24)/b10-9-. The van der Waals surface area contributed by atoms with E-state index in [1.807, 2.05) is 0 Å². The molecule has 27 heavy (non-hydrogen) atoms. The number of nitrogens with zero attached hydrogens (tertiary/aromatic N) is 2. The van der Waals surface area contributed by atoms with E-state index in [0.29, 0.717) is 5.69 Å². The third-order valence-corrected chi connectivity index (χ3v) is 3.60. The third-order valence-electron chi connectivity index (χ3n) is 3.31. The van der Waals surface area contributed by atoms with Crippen molar-refractivity contribution in [3.8, 4) is 11.8 Å². The summed E-state index contributed by atoms with van der Waals surface area (Å²) in [6, 6.07) is 9.14. The van der Waals surface area contributed by atoms with E-state index >= 15 is 0 Å². The summed E-state index contributed by atoms with van der Waals surface area (Å²) in [7, 11) is 1.29. The number of methoxy groups -OCH3 is 1. The molecule has 0 atom stereocenters. The maximum atomic E-state index is 13.1. The number of hydrogen-bond acceptors (Lipinski definition) is 6. The highest BCUT2D eigenvalue weighted by molar-refractivity contribution is 6.31. The van der Waals surface area contributed by atoms with Crippen LogP contribution in [-0.2, 0) is 4.79 Å². The van der Waals surface area contributed by atoms with E-state index in [2.05, 4.69) is 10.6 Å². The second-order valence-electron chi connectivity index (χ2n) is 5.04. The number of benzene rings is 2. The van der Waals surface area contributed by atoms with Gasteiger partial charge in [0.25, 0.3) is 11.6 Å². The lowest BCUT2D eigenvalue weighted by atomic mass is 10.2. The van der Waals surface area contributed by atoms with Crippen molar-refractivity contribution < 1.29 is 18.8 Å². The van der Waals surface area contributed by atoms with Crippen LogP contribution in [0.25, 0.3) is 0 Å². The summed E-state index contributed by atoms with van der Waals surface area (Å²) in [4.78, 5) is 22.4. The molecular weight excluding hydrogens is 379 g/mol. The largest absolute Gasteiger partial charge is 0.494 e. The van der Waals surface area contributed by atoms with Crippen molar-refractivity contribution in [2.45, 2.75) is 0 Å². The second-order valence-corrected chi connectivity index (χ2v) is 5.45. The van der Waals surface area contributed by atoms with Crippen LogP contribution in [0.3, 0.4) is 0 Å². The summed E-state index contributed by atoms with van der Waals surface area (Å²) in [5.41, 5.74) is 0.0144. The minimum absolute atomic E-state index is 0.0631. The fraction of sp³-hybridized carbons (Fsp3) is 0.0588. The zero-order valence-corrected chi connectivity index (χ0v) is 14.6. The first kappa shape index (κ1) is 19.7. The lowest BCUT2D eigenvalue weighted by molar-refractivity contribution is -0.384. The lowest BCUT2D eigenvalue weighted by Gasteiger charge is -2.09. The minimum atomic E-state index is -0.773. The van der Waals surface area contributed by atoms with Crippen LogP contribution in [-0.4, -0.2) is 17.9 Å². The Morgan fingerprint density at radius 1 is 1.37 bits per heavy atom. The van der Waals surface area contributed by atoms with E-state index < -0.39 is 16.6 Å². The van der Waals surface area contributed by atoms with Crippen molar-refractivity contribution in [3.05, 3.63) is 69.1 Å². The van der Waals surface area contributed by atoms with E-state index in [-0.39, 0.29) is 27.7 Å². The topological polar surface area (TPSA) is 117 Å². The molecule has 8 nitrogen and oxygen atoms in total. The summed E-state index contributed by atoms with van der Waals surface area (Å²) >= 11 is 5.66. The Bertz CT molecular complexity index is 972. The quantitative estimate of drug-likeness (QED) is 0.335. The van der Waals surface area contributed by atoms with Crippen molar-refractivity contribution in [2.24, 2.45) is 0 Å². The Morgan fingerprint density at radius 2 is 2.11 bits per heavy atom. The van der Waals surface area contributed by atoms with E-state index in [1.54, 1.807) is 6.07 Å². The van der Waals surface area contributed by atoms with Gasteiger partial charge < -0.3 is 15.4 Å². The second kappa shape index (κ2) is 8.64. The summed E-state index contributed by atoms with van der Waals surface area (Å²) in [6.07, 6.45) is 1.12. The Hall–Kier alpha value is -3.64. The highest BCUT2D eigenvalue weighted by Gasteiger charge is 2.15. The Morgan fingerprint density at radius 3 is 2.70 bits per heavy atom. The van der Waals surface area contributed by atoms with Crippen molar-refractivity contribution in [1.29, 1.82) is 5.26 Å². The first-order valence-corrected chi connectivity index (χ1v) is 7.69. The molecule has 0 aromatic heterocycles. The molecule has 0 saturated heterocycles. The molecule has 0 aliphatic heterocycles. The number of non-ortho nitro benzene ring substituents is 1. The molecule has 0 spiro atoms. The molecule has 2 N–H and O–H groups in total. The number of halogens is 2. The summed E-state index contributed by atoms with van der Waals surface area (Å²) in [5, 5.41) is 24.9. The molecule has 2 rings (SSSR count). The van der Waals surface area contributed by atoms with Crippen molar-refractivity contribution in [3.63, 3.8) is 0 Å². The highest BCUT2D eigenvalue weighted by Crippen LogP contribution is 2.29. The normalized spacial score (nSPS) is 10.7. The van der Waals surface area contributed by atoms with Crippen LogP contribution in [0.1, 0.15) is 0 Å². The Balaban J connectivity index is 2.18. The van der Waals surface area contributed by atoms with E-state index in [4.69, 9.17) is 21.6 Å². The van der Waals surface area contributed by atoms with Crippen LogP contribution in [0.2, 0.25) is 5.02 Å². The molecule has 0 saturated carbocycles. The highest BCUT2D eigenvalue weighted by atomic mass is 35.5. The predicted molar refractivity (Wildman–Crippen MR) is 97.0 cm³/mol. The SMILES string of the molecule is COc1cc([N+](=O)[O-])ccc1NC(=O)/C(C#N)=C\Nc1ccc(F)c(Cl)c1. The zero-order valence-electron chi connectivity index (χ0n) is 13.8. The molecule has 2 aromatic rings. The van der Waals surface area contributed by atoms with Crippen LogP contribution < -0.4 is 15.4 Å². The molecule has 0 bridgehead atoms. The fourth-order valence-electron chi connectivity index (χ4n) is 1.98. The number of anilines is 2. The Labute approximate surface area is 158 Å². The maximum absolute atomic E-state index is 13.1. The summed E-state index contributed by atoms with van der Waals surface area (Å²) in [5.74, 6) is -1.31. The fourth-order valence-corrected chi connectivity index (χ4v) is 2.16. The molecular formula is C17H12ClFN4O4. The van der Waals surface area contributed by atoms with Crippen LogP contribution in [0.5, 0.6) is 5.75 Å². The Kier molecular flexibility index (Phi) is 6.30. The van der Waals surface area contributed by atoms with Crippen molar-refractivity contribution in [1.82, 2.24) is 0 Å². The molecule has 138 valence electrons. The van der Waals surface area contributed by atoms with Gasteiger partial charge in [0, 0.05) is 18.0 Å². The third kappa shape index (κ3) is 4.93. The number of ether oxygens (including phenoxy) is 1. The molecule has 0 fully saturated rings. The molecule has 0 aliphatic rings. The number of nitrogens with one attached hydrogen (secondary N) is 2.